The van der Waals surface area contributed by atoms with Crippen molar-refractivity contribution >= 4 is 17.3 Å². The van der Waals surface area contributed by atoms with Crippen LogP contribution in [-0.4, -0.2) is 17.6 Å². The van der Waals surface area contributed by atoms with Gasteiger partial charge in [-0.25, -0.2) is 0 Å². The zero-order valence-corrected chi connectivity index (χ0v) is 9.09. The number of nitrogens with zero attached hydrogens (tertiary/aromatic N) is 2. The van der Waals surface area contributed by atoms with Crippen molar-refractivity contribution in [2.24, 2.45) is 0 Å². The maximum Gasteiger partial charge on any atom is 0.280 e. The predicted octanol–water partition coefficient (Wildman–Crippen LogP) is 1.46. The number of benzene rings is 1. The molecule has 1 amide bonds. The molecule has 0 saturated heterocycles. The Labute approximate surface area is 97.8 Å². The average Bonchev–Trinajstić information content (AvgIpc) is 2.97. The number of nitrogen functional groups attached to an aromatic ring is 1. The summed E-state index contributed by atoms with van der Waals surface area (Å²) >= 11 is 0. The molecule has 0 bridgehead atoms. The monoisotopic (exact) mass is 229 g/mol. The Hall–Kier alpha value is -2.30. The molecule has 2 heterocycles. The van der Waals surface area contributed by atoms with Crippen LogP contribution in [0, 0.1) is 0 Å². The minimum atomic E-state index is -0.150. The number of carbonyl (C=O) groups is 1. The lowest BCUT2D eigenvalue weighted by molar-refractivity contribution is 0.0980. The molecule has 0 fully saturated rings. The van der Waals surface area contributed by atoms with Crippen LogP contribution < -0.4 is 10.6 Å². The molecule has 1 aliphatic rings. The molecule has 1 aliphatic heterocycles. The smallest absolute Gasteiger partial charge is 0.280 e. The number of amides is 1. The van der Waals surface area contributed by atoms with Crippen molar-refractivity contribution in [2.45, 2.75) is 6.42 Å². The lowest BCUT2D eigenvalue weighted by Crippen LogP contribution is -2.29. The Kier molecular flexibility index (Phi) is 2.11. The Morgan fingerprint density at radius 1 is 1.41 bits per heavy atom. The van der Waals surface area contributed by atoms with Gasteiger partial charge in [-0.05, 0) is 24.1 Å². The molecule has 3 rings (SSSR count). The van der Waals surface area contributed by atoms with Crippen LogP contribution in [0.2, 0.25) is 0 Å². The van der Waals surface area contributed by atoms with Crippen molar-refractivity contribution in [3.05, 3.63) is 41.8 Å². The van der Waals surface area contributed by atoms with Gasteiger partial charge in [0, 0.05) is 24.0 Å². The van der Waals surface area contributed by atoms with Gasteiger partial charge in [0.15, 0.2) is 5.69 Å². The van der Waals surface area contributed by atoms with E-state index < -0.39 is 0 Å². The van der Waals surface area contributed by atoms with Gasteiger partial charge in [-0.1, -0.05) is 11.2 Å². The van der Waals surface area contributed by atoms with E-state index in [1.807, 2.05) is 18.2 Å². The highest BCUT2D eigenvalue weighted by molar-refractivity contribution is 6.06. The second kappa shape index (κ2) is 3.62. The lowest BCUT2D eigenvalue weighted by Gasteiger charge is -2.15. The maximum atomic E-state index is 12.1. The molecular weight excluding hydrogens is 218 g/mol. The summed E-state index contributed by atoms with van der Waals surface area (Å²) in [5.74, 6) is -0.150. The number of hydrogen-bond donors (Lipinski definition) is 1. The van der Waals surface area contributed by atoms with Gasteiger partial charge >= 0.3 is 0 Å². The molecule has 5 heteroatoms. The van der Waals surface area contributed by atoms with Gasteiger partial charge in [0.25, 0.3) is 5.91 Å². The summed E-state index contributed by atoms with van der Waals surface area (Å²) in [5.41, 5.74) is 8.72. The first kappa shape index (κ1) is 9.89. The first-order valence-electron chi connectivity index (χ1n) is 5.36. The fraction of sp³-hybridized carbons (Fsp3) is 0.167. The summed E-state index contributed by atoms with van der Waals surface area (Å²) < 4.78 is 4.68. The third kappa shape index (κ3) is 1.56. The molecule has 17 heavy (non-hydrogen) atoms. The van der Waals surface area contributed by atoms with Crippen molar-refractivity contribution in [1.29, 1.82) is 0 Å². The number of nitrogens with two attached hydrogens (primary N) is 1. The molecule has 1 aromatic carbocycles. The Morgan fingerprint density at radius 2 is 2.29 bits per heavy atom. The first-order chi connectivity index (χ1) is 8.25. The predicted molar refractivity (Wildman–Crippen MR) is 62.7 cm³/mol. The SMILES string of the molecule is Nc1ccc2c(c1)N(C(=O)c1ccon1)CC2. The standard InChI is InChI=1S/C12H11N3O2/c13-9-2-1-8-3-5-15(11(8)7-9)12(16)10-4-6-17-14-10/h1-2,4,6-7H,3,5,13H2. The van der Waals surface area contributed by atoms with Crippen LogP contribution in [0.1, 0.15) is 16.1 Å². The molecule has 5 nitrogen and oxygen atoms in total. The van der Waals surface area contributed by atoms with Gasteiger partial charge in [-0.3, -0.25) is 4.79 Å². The van der Waals surface area contributed by atoms with E-state index in [9.17, 15) is 4.79 Å². The third-order valence-corrected chi connectivity index (χ3v) is 2.91. The summed E-state index contributed by atoms with van der Waals surface area (Å²) in [4.78, 5) is 13.8. The summed E-state index contributed by atoms with van der Waals surface area (Å²) in [5, 5.41) is 3.66. The topological polar surface area (TPSA) is 72.4 Å². The van der Waals surface area contributed by atoms with Crippen molar-refractivity contribution in [2.75, 3.05) is 17.2 Å². The Morgan fingerprint density at radius 3 is 3.06 bits per heavy atom. The van der Waals surface area contributed by atoms with E-state index in [1.165, 1.54) is 6.26 Å². The maximum absolute atomic E-state index is 12.1. The van der Waals surface area contributed by atoms with Gasteiger partial charge in [0.05, 0.1) is 0 Å². The van der Waals surface area contributed by atoms with Crippen LogP contribution >= 0.6 is 0 Å². The van der Waals surface area contributed by atoms with Crippen molar-refractivity contribution in [3.63, 3.8) is 0 Å². The third-order valence-electron chi connectivity index (χ3n) is 2.91. The normalized spacial score (nSPS) is 13.8. The highest BCUT2D eigenvalue weighted by Crippen LogP contribution is 2.30. The number of aromatic nitrogens is 1. The number of anilines is 2. The minimum Gasteiger partial charge on any atom is -0.399 e. The highest BCUT2D eigenvalue weighted by atomic mass is 16.5. The van der Waals surface area contributed by atoms with E-state index in [0.29, 0.717) is 17.9 Å². The molecule has 0 spiro atoms. The van der Waals surface area contributed by atoms with E-state index in [4.69, 9.17) is 5.73 Å². The van der Waals surface area contributed by atoms with Gasteiger partial charge in [0.2, 0.25) is 0 Å². The summed E-state index contributed by atoms with van der Waals surface area (Å²) in [6, 6.07) is 7.19. The second-order valence-electron chi connectivity index (χ2n) is 3.98. The molecule has 2 N–H and O–H groups in total. The molecule has 86 valence electrons. The summed E-state index contributed by atoms with van der Waals surface area (Å²) in [7, 11) is 0. The summed E-state index contributed by atoms with van der Waals surface area (Å²) in [6.07, 6.45) is 2.24. The summed E-state index contributed by atoms with van der Waals surface area (Å²) in [6.45, 7) is 0.657. The quantitative estimate of drug-likeness (QED) is 0.751. The van der Waals surface area contributed by atoms with Gasteiger partial charge < -0.3 is 15.2 Å². The number of hydrogen-bond acceptors (Lipinski definition) is 4. The molecular formula is C12H11N3O2. The Balaban J connectivity index is 1.98. The number of fused-ring (bicyclic) bond motifs is 1. The molecule has 0 radical (unpaired) electrons. The molecule has 1 aromatic heterocycles. The van der Waals surface area contributed by atoms with Crippen LogP contribution in [0.4, 0.5) is 11.4 Å². The van der Waals surface area contributed by atoms with Crippen molar-refractivity contribution in [1.82, 2.24) is 5.16 Å². The zero-order valence-electron chi connectivity index (χ0n) is 9.09. The molecule has 0 aliphatic carbocycles. The largest absolute Gasteiger partial charge is 0.399 e. The van der Waals surface area contributed by atoms with E-state index in [-0.39, 0.29) is 5.91 Å². The first-order valence-corrected chi connectivity index (χ1v) is 5.36. The fourth-order valence-electron chi connectivity index (χ4n) is 2.07. The second-order valence-corrected chi connectivity index (χ2v) is 3.98. The van der Waals surface area contributed by atoms with Gasteiger partial charge in [-0.2, -0.15) is 0 Å². The van der Waals surface area contributed by atoms with E-state index in [2.05, 4.69) is 9.68 Å². The fourth-order valence-corrected chi connectivity index (χ4v) is 2.07. The van der Waals surface area contributed by atoms with Crippen LogP contribution in [0.3, 0.4) is 0 Å². The number of rotatable bonds is 1. The Bertz CT molecular complexity index is 563. The van der Waals surface area contributed by atoms with E-state index >= 15 is 0 Å². The number of carbonyl (C=O) groups excluding carboxylic acids is 1. The molecule has 2 aromatic rings. The van der Waals surface area contributed by atoms with Crippen molar-refractivity contribution < 1.29 is 9.32 Å². The van der Waals surface area contributed by atoms with Crippen LogP contribution in [0.5, 0.6) is 0 Å². The average molecular weight is 229 g/mol. The lowest BCUT2D eigenvalue weighted by atomic mass is 10.1. The molecule has 0 saturated carbocycles. The van der Waals surface area contributed by atoms with Crippen molar-refractivity contribution in [3.8, 4) is 0 Å². The molecule has 0 atom stereocenters. The molecule has 0 unspecified atom stereocenters. The highest BCUT2D eigenvalue weighted by Gasteiger charge is 2.26. The zero-order chi connectivity index (χ0) is 11.8. The van der Waals surface area contributed by atoms with Crippen LogP contribution in [0.15, 0.2) is 35.1 Å². The van der Waals surface area contributed by atoms with Gasteiger partial charge in [-0.15, -0.1) is 0 Å². The van der Waals surface area contributed by atoms with E-state index in [1.54, 1.807) is 11.0 Å². The van der Waals surface area contributed by atoms with Crippen LogP contribution in [0.25, 0.3) is 0 Å². The minimum absolute atomic E-state index is 0.150. The van der Waals surface area contributed by atoms with Gasteiger partial charge in [0.1, 0.15) is 6.26 Å². The van der Waals surface area contributed by atoms with E-state index in [0.717, 1.165) is 17.7 Å². The van der Waals surface area contributed by atoms with Crippen LogP contribution in [-0.2, 0) is 6.42 Å².